The van der Waals surface area contributed by atoms with E-state index in [1.807, 2.05) is 35.2 Å². The van der Waals surface area contributed by atoms with Gasteiger partial charge in [-0.05, 0) is 29.7 Å². The first kappa shape index (κ1) is 24.8. The van der Waals surface area contributed by atoms with E-state index >= 15 is 0 Å². The summed E-state index contributed by atoms with van der Waals surface area (Å²) in [7, 11) is 5.00. The number of nitrogens with one attached hydrogen (secondary N) is 2. The molecule has 2 aromatic rings. The van der Waals surface area contributed by atoms with Crippen molar-refractivity contribution in [2.45, 2.75) is 32.5 Å². The largest absolute Gasteiger partial charge is 0.497 e. The van der Waals surface area contributed by atoms with Crippen LogP contribution in [-0.2, 0) is 24.4 Å². The second-order valence-electron chi connectivity index (χ2n) is 7.15. The van der Waals surface area contributed by atoms with Crippen LogP contribution in [0.4, 0.5) is 0 Å². The van der Waals surface area contributed by atoms with Crippen LogP contribution in [0.15, 0.2) is 47.5 Å². The van der Waals surface area contributed by atoms with Gasteiger partial charge in [0.05, 0.1) is 14.2 Å². The number of fused-ring (bicyclic) bond motifs is 1. The molecular weight excluding hydrogens is 507 g/mol. The topological polar surface area (TPSA) is 75.2 Å². The highest BCUT2D eigenvalue weighted by molar-refractivity contribution is 14.0. The number of halogens is 1. The van der Waals surface area contributed by atoms with Gasteiger partial charge in [-0.25, -0.2) is 0 Å². The molecule has 0 aliphatic carbocycles. The van der Waals surface area contributed by atoms with Crippen LogP contribution in [0.3, 0.4) is 0 Å². The molecule has 0 bridgehead atoms. The summed E-state index contributed by atoms with van der Waals surface area (Å²) < 4.78 is 10.7. The zero-order valence-corrected chi connectivity index (χ0v) is 20.6. The minimum Gasteiger partial charge on any atom is -0.497 e. The molecule has 1 heterocycles. The number of hydrogen-bond donors (Lipinski definition) is 2. The molecule has 1 aliphatic heterocycles. The average molecular weight is 538 g/mol. The summed E-state index contributed by atoms with van der Waals surface area (Å²) >= 11 is 0. The van der Waals surface area contributed by atoms with Crippen molar-refractivity contribution < 1.29 is 14.3 Å². The summed E-state index contributed by atoms with van der Waals surface area (Å²) in [5, 5.41) is 6.54. The normalized spacial score (nSPS) is 12.6. The van der Waals surface area contributed by atoms with Crippen LogP contribution in [0.2, 0.25) is 0 Å². The number of benzene rings is 2. The van der Waals surface area contributed by atoms with Gasteiger partial charge in [0.1, 0.15) is 11.5 Å². The van der Waals surface area contributed by atoms with E-state index in [1.54, 1.807) is 21.3 Å². The predicted octanol–water partition coefficient (Wildman–Crippen LogP) is 3.31. The second kappa shape index (κ2) is 12.4. The molecule has 0 unspecified atom stereocenters. The lowest BCUT2D eigenvalue weighted by Crippen LogP contribution is -2.37. The molecule has 2 aromatic carbocycles. The number of rotatable bonds is 8. The fraction of sp³-hybridized carbons (Fsp3) is 0.391. The van der Waals surface area contributed by atoms with Gasteiger partial charge in [0.25, 0.3) is 0 Å². The Bertz CT molecular complexity index is 879. The van der Waals surface area contributed by atoms with Crippen molar-refractivity contribution in [2.75, 3.05) is 27.8 Å². The molecule has 1 amide bonds. The monoisotopic (exact) mass is 538 g/mol. The predicted molar refractivity (Wildman–Crippen MR) is 133 cm³/mol. The van der Waals surface area contributed by atoms with E-state index in [0.717, 1.165) is 36.6 Å². The summed E-state index contributed by atoms with van der Waals surface area (Å²) in [6.45, 7) is 2.68. The van der Waals surface area contributed by atoms with Crippen LogP contribution in [0, 0.1) is 0 Å². The van der Waals surface area contributed by atoms with Gasteiger partial charge in [-0.15, -0.1) is 24.0 Å². The summed E-state index contributed by atoms with van der Waals surface area (Å²) in [4.78, 5) is 18.7. The maximum absolute atomic E-state index is 12.5. The lowest BCUT2D eigenvalue weighted by Gasteiger charge is -2.16. The molecule has 0 spiro atoms. The number of guanidine groups is 1. The number of nitrogens with zero attached hydrogens (tertiary/aromatic N) is 2. The lowest BCUT2D eigenvalue weighted by molar-refractivity contribution is -0.131. The molecule has 168 valence electrons. The van der Waals surface area contributed by atoms with E-state index in [1.165, 1.54) is 11.1 Å². The molecule has 0 aromatic heterocycles. The maximum Gasteiger partial charge on any atom is 0.223 e. The Morgan fingerprint density at radius 1 is 1.06 bits per heavy atom. The van der Waals surface area contributed by atoms with E-state index in [4.69, 9.17) is 9.47 Å². The Balaban J connectivity index is 0.00000341. The first-order valence-electron chi connectivity index (χ1n) is 10.1. The van der Waals surface area contributed by atoms with Crippen LogP contribution in [0.5, 0.6) is 11.5 Å². The van der Waals surface area contributed by atoms with Crippen molar-refractivity contribution in [1.29, 1.82) is 0 Å². The van der Waals surface area contributed by atoms with E-state index < -0.39 is 0 Å². The van der Waals surface area contributed by atoms with Gasteiger partial charge in [0.15, 0.2) is 5.96 Å². The van der Waals surface area contributed by atoms with Crippen molar-refractivity contribution in [3.8, 4) is 11.5 Å². The van der Waals surface area contributed by atoms with Gasteiger partial charge in [0, 0.05) is 51.3 Å². The van der Waals surface area contributed by atoms with E-state index in [2.05, 4.69) is 27.8 Å². The van der Waals surface area contributed by atoms with Gasteiger partial charge in [0.2, 0.25) is 5.91 Å². The highest BCUT2D eigenvalue weighted by Gasteiger charge is 2.22. The van der Waals surface area contributed by atoms with Crippen LogP contribution in [-0.4, -0.2) is 44.6 Å². The molecule has 1 aliphatic rings. The number of ether oxygens (including phenoxy) is 2. The zero-order chi connectivity index (χ0) is 21.3. The van der Waals surface area contributed by atoms with Gasteiger partial charge in [-0.1, -0.05) is 24.3 Å². The summed E-state index contributed by atoms with van der Waals surface area (Å²) in [5.74, 6) is 2.39. The third kappa shape index (κ3) is 6.75. The molecule has 0 fully saturated rings. The Kier molecular flexibility index (Phi) is 9.90. The van der Waals surface area contributed by atoms with Crippen LogP contribution in [0.1, 0.15) is 29.5 Å². The second-order valence-corrected chi connectivity index (χ2v) is 7.15. The van der Waals surface area contributed by atoms with Crippen molar-refractivity contribution in [3.63, 3.8) is 0 Å². The zero-order valence-electron chi connectivity index (χ0n) is 18.3. The number of hydrogen-bond acceptors (Lipinski definition) is 4. The number of methoxy groups -OCH3 is 2. The van der Waals surface area contributed by atoms with E-state index in [9.17, 15) is 4.79 Å². The smallest absolute Gasteiger partial charge is 0.223 e. The number of aliphatic imine (C=N–C) groups is 1. The molecule has 2 N–H and O–H groups in total. The molecule has 0 atom stereocenters. The Hall–Kier alpha value is -2.49. The standard InChI is InChI=1S/C23H30N4O3.HI/c1-24-23(26-14-17-10-11-20(29-2)13-21(17)30-3)25-12-6-9-22(28)27-15-18-7-4-5-8-19(18)16-27;/h4-5,7-8,10-11,13H,6,9,12,14-16H2,1-3H3,(H2,24,25,26);1H. The third-order valence-corrected chi connectivity index (χ3v) is 5.22. The molecule has 0 saturated carbocycles. The van der Waals surface area contributed by atoms with Crippen LogP contribution < -0.4 is 20.1 Å². The Labute approximate surface area is 201 Å². The average Bonchev–Trinajstić information content (AvgIpc) is 3.23. The van der Waals surface area contributed by atoms with Gasteiger partial charge >= 0.3 is 0 Å². The van der Waals surface area contributed by atoms with Crippen LogP contribution in [0.25, 0.3) is 0 Å². The summed E-state index contributed by atoms with van der Waals surface area (Å²) in [6, 6.07) is 14.0. The molecule has 31 heavy (non-hydrogen) atoms. The number of carbonyl (C=O) groups excluding carboxylic acids is 1. The molecule has 3 rings (SSSR count). The minimum atomic E-state index is 0. The van der Waals surface area contributed by atoms with Crippen molar-refractivity contribution in [1.82, 2.24) is 15.5 Å². The highest BCUT2D eigenvalue weighted by Crippen LogP contribution is 2.24. The first-order valence-corrected chi connectivity index (χ1v) is 10.1. The highest BCUT2D eigenvalue weighted by atomic mass is 127. The fourth-order valence-electron chi connectivity index (χ4n) is 3.51. The fourth-order valence-corrected chi connectivity index (χ4v) is 3.51. The van der Waals surface area contributed by atoms with Crippen molar-refractivity contribution >= 4 is 35.8 Å². The van der Waals surface area contributed by atoms with Gasteiger partial charge in [-0.2, -0.15) is 0 Å². The lowest BCUT2D eigenvalue weighted by atomic mass is 10.1. The van der Waals surface area contributed by atoms with Gasteiger partial charge in [-0.3, -0.25) is 9.79 Å². The molecular formula is C23H31IN4O3. The SMILES string of the molecule is CN=C(NCCCC(=O)N1Cc2ccccc2C1)NCc1ccc(OC)cc1OC.I. The number of amides is 1. The Morgan fingerprint density at radius 2 is 1.77 bits per heavy atom. The molecule has 0 radical (unpaired) electrons. The van der Waals surface area contributed by atoms with Crippen molar-refractivity contribution in [3.05, 3.63) is 59.2 Å². The van der Waals surface area contributed by atoms with Gasteiger partial charge < -0.3 is 25.0 Å². The Morgan fingerprint density at radius 3 is 2.39 bits per heavy atom. The van der Waals surface area contributed by atoms with Crippen molar-refractivity contribution in [2.24, 2.45) is 4.99 Å². The summed E-state index contributed by atoms with van der Waals surface area (Å²) in [5.41, 5.74) is 3.51. The maximum atomic E-state index is 12.5. The third-order valence-electron chi connectivity index (χ3n) is 5.22. The molecule has 0 saturated heterocycles. The van der Waals surface area contributed by atoms with E-state index in [-0.39, 0.29) is 29.9 Å². The summed E-state index contributed by atoms with van der Waals surface area (Å²) in [6.07, 6.45) is 1.27. The molecule has 7 nitrogen and oxygen atoms in total. The quantitative estimate of drug-likeness (QED) is 0.234. The van der Waals surface area contributed by atoms with Crippen LogP contribution >= 0.6 is 24.0 Å². The molecule has 8 heteroatoms. The number of carbonyl (C=O) groups is 1. The van der Waals surface area contributed by atoms with E-state index in [0.29, 0.717) is 25.5 Å². The first-order chi connectivity index (χ1) is 14.6. The minimum absolute atomic E-state index is 0.